The molecule has 0 N–H and O–H groups in total. The molecule has 10 heavy (non-hydrogen) atoms. The molecule has 0 aromatic heterocycles. The Balaban J connectivity index is 3.81. The van der Waals surface area contributed by atoms with Crippen molar-refractivity contribution in [2.45, 2.75) is 0 Å². The van der Waals surface area contributed by atoms with Gasteiger partial charge in [-0.25, -0.2) is 0 Å². The first-order valence-corrected chi connectivity index (χ1v) is 16.6. The third kappa shape index (κ3) is 5.91. The van der Waals surface area contributed by atoms with Gasteiger partial charge in [-0.3, -0.25) is 0 Å². The second kappa shape index (κ2) is 7.57. The van der Waals surface area contributed by atoms with Crippen LogP contribution < -0.4 is 0 Å². The standard InChI is InChI=1S/H2P10/c1-7(2)9(5)10(6)8(3)4/h1-2H. The molecule has 0 heterocycles. The van der Waals surface area contributed by atoms with E-state index in [0.29, 0.717) is 0 Å². The van der Waals surface area contributed by atoms with Gasteiger partial charge in [-0.15, -0.1) is 0 Å². The molecule has 0 fully saturated rings. The molecule has 0 saturated heterocycles. The van der Waals surface area contributed by atoms with Crippen LogP contribution in [-0.2, 0) is 0 Å². The lowest BCUT2D eigenvalue weighted by molar-refractivity contribution is 4.71. The third-order valence-corrected chi connectivity index (χ3v) is 40.4. The highest BCUT2D eigenvalue weighted by Crippen LogP contribution is 3.08. The van der Waals surface area contributed by atoms with E-state index in [-0.39, 0.29) is 14.0 Å². The van der Waals surface area contributed by atoms with Crippen LogP contribution in [0.3, 0.4) is 0 Å². The van der Waals surface area contributed by atoms with Crippen molar-refractivity contribution in [3.63, 3.8) is 0 Å². The fourth-order valence-electron chi connectivity index (χ4n) is 0.152. The van der Waals surface area contributed by atoms with E-state index >= 15 is 0 Å². The number of hydrogen-bond acceptors (Lipinski definition) is 0. The summed E-state index contributed by atoms with van der Waals surface area (Å²) in [5.41, 5.74) is 0. The fourth-order valence-corrected chi connectivity index (χ4v) is 36.8. The van der Waals surface area contributed by atoms with Crippen LogP contribution in [0.2, 0.25) is 0 Å². The van der Waals surface area contributed by atoms with Gasteiger partial charge in [0.15, 0.2) is 0 Å². The number of hydrogen-bond donors (Lipinski definition) is 0. The minimum Gasteiger partial charge on any atom is -0.0587 e. The van der Waals surface area contributed by atoms with Crippen molar-refractivity contribution in [3.05, 3.63) is 0 Å². The lowest BCUT2D eigenvalue weighted by Crippen LogP contribution is -1.35. The first-order valence-electron chi connectivity index (χ1n) is 1.85. The predicted molar refractivity (Wildman–Crippen MR) is 72.0 cm³/mol. The smallest absolute Gasteiger partial charge is 0.00000000508 e. The molecule has 0 aliphatic rings. The van der Waals surface area contributed by atoms with Gasteiger partial charge < -0.3 is 0 Å². The van der Waals surface area contributed by atoms with Crippen molar-refractivity contribution in [1.29, 1.82) is 0 Å². The summed E-state index contributed by atoms with van der Waals surface area (Å²) in [6.07, 6.45) is 0. The zero-order chi connectivity index (χ0) is 8.31. The zero-order valence-electron chi connectivity index (χ0n) is 4.58. The van der Waals surface area contributed by atoms with Gasteiger partial charge in [0.2, 0.25) is 0 Å². The van der Waals surface area contributed by atoms with Crippen LogP contribution >= 0.6 is 81.5 Å². The van der Waals surface area contributed by atoms with Crippen molar-refractivity contribution < 1.29 is 0 Å². The largest absolute Gasteiger partial charge is 0.0587 e. The average Bonchev–Trinajstić information content (AvgIpc) is 1.84. The minimum atomic E-state index is -0.509. The van der Waals surface area contributed by atoms with Crippen LogP contribution in [-0.4, -0.2) is 0 Å². The quantitative estimate of drug-likeness (QED) is 0.462. The summed E-state index contributed by atoms with van der Waals surface area (Å²) >= 11 is 0. The Morgan fingerprint density at radius 2 is 1.20 bits per heavy atom. The molecule has 0 amide bonds. The van der Waals surface area contributed by atoms with Crippen LogP contribution in [0.15, 0.2) is 0 Å². The summed E-state index contributed by atoms with van der Waals surface area (Å²) in [7, 11) is 24.3. The SMILES string of the molecule is [P]P([P])P([P])P([P])P([PH])[PH]. The maximum Gasteiger partial charge on any atom is -0.00000000508 e. The molecule has 52 valence electrons. The molecule has 0 rings (SSSR count). The Bertz CT molecular complexity index is 70.0. The van der Waals surface area contributed by atoms with Crippen LogP contribution in [0.4, 0.5) is 0 Å². The molecule has 0 spiro atoms. The molecule has 0 aromatic rings. The van der Waals surface area contributed by atoms with Crippen LogP contribution in [0, 0.1) is 0 Å². The normalized spacial score (nSPS) is 18.0. The Labute approximate surface area is 81.4 Å². The third-order valence-electron chi connectivity index (χ3n) is 0.499. The highest BCUT2D eigenvalue weighted by Gasteiger charge is 2.21. The molecule has 0 nitrogen and oxygen atoms in total. The Morgan fingerprint density at radius 3 is 1.30 bits per heavy atom. The number of rotatable bonds is 3. The molecule has 2 unspecified atom stereocenters. The zero-order valence-corrected chi connectivity index (χ0v) is 13.7. The van der Waals surface area contributed by atoms with E-state index in [4.69, 9.17) is 0 Å². The Kier molecular flexibility index (Phi) is 10.8. The van der Waals surface area contributed by atoms with E-state index < -0.39 is 14.0 Å². The van der Waals surface area contributed by atoms with Crippen molar-refractivity contribution in [2.24, 2.45) is 0 Å². The summed E-state index contributed by atoms with van der Waals surface area (Å²) in [5.74, 6) is 0. The van der Waals surface area contributed by atoms with Gasteiger partial charge in [-0.1, -0.05) is 17.9 Å². The summed E-state index contributed by atoms with van der Waals surface area (Å²) in [6.45, 7) is -1.57. The van der Waals surface area contributed by atoms with Gasteiger partial charge in [0.25, 0.3) is 0 Å². The average molecular weight is 312 g/mol. The van der Waals surface area contributed by atoms with E-state index in [0.717, 1.165) is 0 Å². The highest BCUT2D eigenvalue weighted by molar-refractivity contribution is 9.14. The van der Waals surface area contributed by atoms with Gasteiger partial charge in [0.05, 0.1) is 0 Å². The molecule has 0 bridgehead atoms. The molecule has 0 aromatic carbocycles. The first-order chi connectivity index (χ1) is 4.46. The van der Waals surface area contributed by atoms with E-state index in [1.165, 1.54) is 0 Å². The second-order valence-corrected chi connectivity index (χ2v) is 30.2. The summed E-state index contributed by atoms with van der Waals surface area (Å²) in [4.78, 5) is 0. The lowest BCUT2D eigenvalue weighted by atomic mass is 28.8. The maximum absolute atomic E-state index is 4.43. The van der Waals surface area contributed by atoms with Gasteiger partial charge >= 0.3 is 0 Å². The summed E-state index contributed by atoms with van der Waals surface area (Å²) < 4.78 is 0. The van der Waals surface area contributed by atoms with E-state index in [9.17, 15) is 0 Å². The van der Waals surface area contributed by atoms with E-state index in [1.807, 2.05) is 0 Å². The van der Waals surface area contributed by atoms with Crippen molar-refractivity contribution in [3.8, 4) is 0 Å². The molecular formula is H2P10. The monoisotopic (exact) mass is 312 g/mol. The van der Waals surface area contributed by atoms with Crippen molar-refractivity contribution in [1.82, 2.24) is 0 Å². The second-order valence-electron chi connectivity index (χ2n) is 1.12. The van der Waals surface area contributed by atoms with E-state index in [1.54, 1.807) is 0 Å². The fraction of sp³-hybridized carbons (Fsp3) is 0. The Morgan fingerprint density at radius 1 is 0.800 bits per heavy atom. The van der Waals surface area contributed by atoms with Crippen molar-refractivity contribution >= 4 is 81.5 Å². The molecule has 0 saturated carbocycles. The van der Waals surface area contributed by atoms with Gasteiger partial charge in [0.1, 0.15) is 0 Å². The molecule has 0 aliphatic heterocycles. The lowest BCUT2D eigenvalue weighted by Gasteiger charge is -2.22. The van der Waals surface area contributed by atoms with Gasteiger partial charge in [-0.05, 0) is 63.7 Å². The van der Waals surface area contributed by atoms with Crippen LogP contribution in [0.25, 0.3) is 0 Å². The molecular weight excluding hydrogens is 310 g/mol. The topological polar surface area (TPSA) is 0 Å². The molecule has 2 atom stereocenters. The maximum atomic E-state index is 4.43. The minimum absolute atomic E-state index is 0.323. The molecule has 10 radical (unpaired) electrons. The van der Waals surface area contributed by atoms with Crippen molar-refractivity contribution in [2.75, 3.05) is 0 Å². The Hall–Kier alpha value is 4.30. The molecule has 0 aliphatic carbocycles. The van der Waals surface area contributed by atoms with Gasteiger partial charge in [-0.2, -0.15) is 0 Å². The summed E-state index contributed by atoms with van der Waals surface area (Å²) in [5, 5.41) is 0. The van der Waals surface area contributed by atoms with Crippen LogP contribution in [0.5, 0.6) is 0 Å². The highest BCUT2D eigenvalue weighted by atomic mass is 33.2. The van der Waals surface area contributed by atoms with Gasteiger partial charge in [0, 0.05) is 0 Å². The molecule has 10 heteroatoms. The van der Waals surface area contributed by atoms with E-state index in [2.05, 4.69) is 53.6 Å². The summed E-state index contributed by atoms with van der Waals surface area (Å²) in [6, 6.07) is 0. The first kappa shape index (κ1) is 14.3. The van der Waals surface area contributed by atoms with Crippen LogP contribution in [0.1, 0.15) is 0 Å². The predicted octanol–water partition coefficient (Wildman–Crippen LogP) is 8.08.